The Morgan fingerprint density at radius 1 is 0.974 bits per heavy atom. The van der Waals surface area contributed by atoms with E-state index in [0.717, 1.165) is 42.1 Å². The van der Waals surface area contributed by atoms with Crippen LogP contribution in [0.4, 0.5) is 0 Å². The summed E-state index contributed by atoms with van der Waals surface area (Å²) in [6.07, 6.45) is 3.64. The third-order valence-electron chi connectivity index (χ3n) is 7.89. The molecule has 1 spiro atoms. The molecule has 212 valence electrons. The molecule has 1 aromatic carbocycles. The molecule has 0 aliphatic carbocycles. The molecule has 3 aliphatic rings. The Bertz CT molecular complexity index is 1040. The van der Waals surface area contributed by atoms with Crippen molar-refractivity contribution in [2.75, 3.05) is 6.61 Å². The van der Waals surface area contributed by atoms with Gasteiger partial charge in [-0.2, -0.15) is 0 Å². The van der Waals surface area contributed by atoms with Crippen molar-refractivity contribution in [3.05, 3.63) is 25.0 Å². The van der Waals surface area contributed by atoms with Crippen LogP contribution in [0.25, 0.3) is 0 Å². The van der Waals surface area contributed by atoms with Crippen molar-refractivity contribution < 1.29 is 38.7 Å². The van der Waals surface area contributed by atoms with Crippen molar-refractivity contribution in [2.45, 2.75) is 108 Å². The first kappa shape index (κ1) is 30.2. The number of hydrogen-bond donors (Lipinski definition) is 2. The summed E-state index contributed by atoms with van der Waals surface area (Å²) in [5, 5.41) is 19.9. The van der Waals surface area contributed by atoms with Crippen molar-refractivity contribution >= 4 is 59.7 Å². The number of phenols is 1. The van der Waals surface area contributed by atoms with Gasteiger partial charge in [0.15, 0.2) is 5.79 Å². The molecule has 3 aliphatic heterocycles. The number of fused-ring (bicyclic) bond motifs is 2. The van der Waals surface area contributed by atoms with Gasteiger partial charge in [-0.15, -0.1) is 0 Å². The molecule has 1 aromatic rings. The van der Waals surface area contributed by atoms with Crippen LogP contribution in [0, 0.1) is 5.41 Å². The topological polar surface area (TPSA) is 112 Å². The number of aromatic hydroxyl groups is 1. The quantitative estimate of drug-likeness (QED) is 0.268. The van der Waals surface area contributed by atoms with Crippen LogP contribution in [0.15, 0.2) is 19.5 Å². The fraction of sp³-hybridized carbons (Fsp3) is 0.704. The third kappa shape index (κ3) is 6.77. The number of carbonyl (C=O) groups excluding carboxylic acids is 2. The normalized spacial score (nSPS) is 31.5. The minimum Gasteiger partial charge on any atom is -0.506 e. The van der Waals surface area contributed by atoms with E-state index in [1.807, 2.05) is 6.07 Å². The summed E-state index contributed by atoms with van der Waals surface area (Å²) in [6.45, 7) is 3.76. The van der Waals surface area contributed by atoms with Crippen LogP contribution in [0.2, 0.25) is 0 Å². The number of carbonyl (C=O) groups is 2. The number of cyclic esters (lactones) is 1. The Balaban J connectivity index is 1.49. The van der Waals surface area contributed by atoms with Gasteiger partial charge in [0.25, 0.3) is 0 Å². The summed E-state index contributed by atoms with van der Waals surface area (Å²) in [4.78, 5) is 25.2. The number of benzene rings is 1. The average Bonchev–Trinajstić information content (AvgIpc) is 2.83. The molecule has 0 unspecified atom stereocenters. The average molecular weight is 727 g/mol. The monoisotopic (exact) mass is 724 g/mol. The fourth-order valence-electron chi connectivity index (χ4n) is 5.67. The lowest BCUT2D eigenvalue weighted by atomic mass is 9.71. The molecule has 0 saturated carbocycles. The van der Waals surface area contributed by atoms with Crippen LogP contribution in [0.5, 0.6) is 5.75 Å². The molecule has 3 bridgehead atoms. The maximum atomic E-state index is 12.7. The van der Waals surface area contributed by atoms with Crippen LogP contribution >= 0.6 is 47.8 Å². The molecule has 4 rings (SSSR count). The first-order valence-electron chi connectivity index (χ1n) is 13.1. The predicted octanol–water partition coefficient (Wildman–Crippen LogP) is 6.08. The Kier molecular flexibility index (Phi) is 9.89. The van der Waals surface area contributed by atoms with Gasteiger partial charge in [-0.25, -0.2) is 0 Å². The maximum Gasteiger partial charge on any atom is 0.309 e. The fourth-order valence-corrected chi connectivity index (χ4v) is 8.19. The van der Waals surface area contributed by atoms with Crippen LogP contribution in [-0.4, -0.2) is 59.0 Å². The van der Waals surface area contributed by atoms with E-state index in [2.05, 4.69) is 61.6 Å². The molecule has 38 heavy (non-hydrogen) atoms. The molecule has 0 amide bonds. The summed E-state index contributed by atoms with van der Waals surface area (Å²) < 4.78 is 26.6. The molecule has 3 saturated heterocycles. The van der Waals surface area contributed by atoms with Crippen LogP contribution in [-0.2, 0) is 35.0 Å². The number of hydrogen-bond acceptors (Lipinski definition) is 8. The summed E-state index contributed by atoms with van der Waals surface area (Å²) >= 11 is 10.4. The van der Waals surface area contributed by atoms with Gasteiger partial charge in [0.05, 0.1) is 40.6 Å². The highest BCUT2D eigenvalue weighted by molar-refractivity contribution is 9.11. The minimum atomic E-state index is -0.983. The molecule has 2 N–H and O–H groups in total. The van der Waals surface area contributed by atoms with Gasteiger partial charge in [-0.05, 0) is 75.6 Å². The smallest absolute Gasteiger partial charge is 0.309 e. The van der Waals surface area contributed by atoms with Gasteiger partial charge in [0.1, 0.15) is 18.0 Å². The van der Waals surface area contributed by atoms with E-state index in [0.29, 0.717) is 28.2 Å². The second-order valence-electron chi connectivity index (χ2n) is 11.1. The van der Waals surface area contributed by atoms with Crippen molar-refractivity contribution in [1.29, 1.82) is 0 Å². The molecular weight excluding hydrogens is 692 g/mol. The highest BCUT2D eigenvalue weighted by Crippen LogP contribution is 2.52. The van der Waals surface area contributed by atoms with Gasteiger partial charge >= 0.3 is 11.9 Å². The van der Waals surface area contributed by atoms with E-state index in [1.54, 1.807) is 0 Å². The van der Waals surface area contributed by atoms with Crippen molar-refractivity contribution in [3.8, 4) is 5.75 Å². The van der Waals surface area contributed by atoms with E-state index in [9.17, 15) is 19.8 Å². The molecule has 8 nitrogen and oxygen atoms in total. The van der Waals surface area contributed by atoms with Gasteiger partial charge in [0, 0.05) is 22.7 Å². The zero-order chi connectivity index (χ0) is 27.7. The Labute approximate surface area is 248 Å². The number of aliphatic hydroxyl groups is 1. The van der Waals surface area contributed by atoms with Crippen molar-refractivity contribution in [3.63, 3.8) is 0 Å². The van der Waals surface area contributed by atoms with E-state index >= 15 is 0 Å². The van der Waals surface area contributed by atoms with Crippen molar-refractivity contribution in [1.82, 2.24) is 0 Å². The highest BCUT2D eigenvalue weighted by atomic mass is 79.9. The van der Waals surface area contributed by atoms with E-state index < -0.39 is 36.5 Å². The first-order valence-corrected chi connectivity index (χ1v) is 15.5. The predicted molar refractivity (Wildman–Crippen MR) is 150 cm³/mol. The molecule has 5 atom stereocenters. The van der Waals surface area contributed by atoms with Gasteiger partial charge in [-0.1, -0.05) is 36.2 Å². The Morgan fingerprint density at radius 2 is 1.71 bits per heavy atom. The zero-order valence-corrected chi connectivity index (χ0v) is 26.4. The van der Waals surface area contributed by atoms with Crippen LogP contribution in [0.3, 0.4) is 0 Å². The van der Waals surface area contributed by atoms with Crippen LogP contribution in [0.1, 0.15) is 77.2 Å². The molecule has 11 heteroatoms. The highest BCUT2D eigenvalue weighted by Gasteiger charge is 2.57. The largest absolute Gasteiger partial charge is 0.506 e. The zero-order valence-electron chi connectivity index (χ0n) is 21.6. The van der Waals surface area contributed by atoms with Gasteiger partial charge < -0.3 is 29.2 Å². The molecule has 0 aromatic heterocycles. The lowest BCUT2D eigenvalue weighted by molar-refractivity contribution is -0.373. The molecule has 3 heterocycles. The lowest BCUT2D eigenvalue weighted by Gasteiger charge is -2.56. The number of rotatable bonds is 6. The number of unbranched alkanes of at least 4 members (excludes halogenated alkanes) is 1. The van der Waals surface area contributed by atoms with E-state index in [4.69, 9.17) is 18.9 Å². The SMILES string of the molecule is CC1(C)CC[C@@H]2CC(=O)O[C@@H](CO)CC(=O)O[C@@H]3C[C@@H](CCCCc4c(Br)cc(Br)c(O)c4Br)O[C@@]1(C3)O2. The van der Waals surface area contributed by atoms with Crippen molar-refractivity contribution in [2.24, 2.45) is 5.41 Å². The summed E-state index contributed by atoms with van der Waals surface area (Å²) in [6, 6.07) is 1.84. The second-order valence-corrected chi connectivity index (χ2v) is 13.6. The Morgan fingerprint density at radius 3 is 2.45 bits per heavy atom. The minimum absolute atomic E-state index is 0.0475. The number of esters is 2. The summed E-state index contributed by atoms with van der Waals surface area (Å²) in [5.41, 5.74) is 0.650. The van der Waals surface area contributed by atoms with Gasteiger partial charge in [0.2, 0.25) is 0 Å². The second kappa shape index (κ2) is 12.4. The summed E-state index contributed by atoms with van der Waals surface area (Å²) in [5.74, 6) is -1.81. The molecular formula is C27H35Br3O8. The Hall–Kier alpha value is -0.720. The number of ether oxygens (including phenoxy) is 4. The standard InChI is InChI=1S/C27H35Br3O8/c1-26(2)8-7-16-10-22(32)36-18(14-31)11-23(33)35-17-9-15(37-27(26,13-17)38-16)5-3-4-6-19-20(28)12-21(29)25(34)24(19)30/h12,15-18,31,34H,3-11,13-14H2,1-2H3/t15-,16-,17-,18-,27+/m1/s1. The molecule has 0 radical (unpaired) electrons. The molecule has 3 fully saturated rings. The number of aliphatic hydroxyl groups excluding tert-OH is 1. The van der Waals surface area contributed by atoms with Gasteiger partial charge in [-0.3, -0.25) is 9.59 Å². The van der Waals surface area contributed by atoms with E-state index in [1.165, 1.54) is 0 Å². The number of halogens is 3. The first-order chi connectivity index (χ1) is 17.9. The summed E-state index contributed by atoms with van der Waals surface area (Å²) in [7, 11) is 0. The third-order valence-corrected chi connectivity index (χ3v) is 10.1. The van der Waals surface area contributed by atoms with E-state index in [-0.39, 0.29) is 36.2 Å². The van der Waals surface area contributed by atoms with Crippen LogP contribution < -0.4 is 0 Å². The lowest BCUT2D eigenvalue weighted by Crippen LogP contribution is -2.61. The maximum absolute atomic E-state index is 12.7. The number of phenolic OH excluding ortho intramolecular Hbond substituents is 1.